The first-order valence-electron chi connectivity index (χ1n) is 12.9. The van der Waals surface area contributed by atoms with Gasteiger partial charge < -0.3 is 9.15 Å². The fraction of sp³-hybridized carbons (Fsp3) is 0. The molecule has 0 saturated carbocycles. The Morgan fingerprint density at radius 2 is 1.08 bits per heavy atom. The summed E-state index contributed by atoms with van der Waals surface area (Å²) in [5, 5.41) is 4.80. The number of ether oxygens (including phenoxy) is 1. The Morgan fingerprint density at radius 3 is 2.00 bits per heavy atom. The van der Waals surface area contributed by atoms with E-state index in [9.17, 15) is 0 Å². The summed E-state index contributed by atoms with van der Waals surface area (Å²) in [6, 6.07) is 46.5. The van der Waals surface area contributed by atoms with Gasteiger partial charge in [-0.05, 0) is 69.2 Å². The van der Waals surface area contributed by atoms with Crippen molar-refractivity contribution in [1.29, 1.82) is 0 Å². The molecule has 0 amide bonds. The van der Waals surface area contributed by atoms with Crippen LogP contribution in [0.1, 0.15) is 0 Å². The number of benzene rings is 6. The molecule has 0 spiro atoms. The summed E-state index contributed by atoms with van der Waals surface area (Å²) < 4.78 is 12.8. The molecule has 0 atom stereocenters. The maximum atomic E-state index is 6.52. The van der Waals surface area contributed by atoms with Crippen molar-refractivity contribution in [3.8, 4) is 56.4 Å². The Balaban J connectivity index is 1.23. The van der Waals surface area contributed by atoms with Crippen LogP contribution in [0.25, 0.3) is 66.4 Å². The Labute approximate surface area is 220 Å². The van der Waals surface area contributed by atoms with Crippen molar-refractivity contribution in [1.82, 2.24) is 0 Å². The monoisotopic (exact) mass is 486 g/mol. The molecule has 0 saturated heterocycles. The minimum absolute atomic E-state index is 0.835. The molecule has 2 heteroatoms. The number of hydrogen-bond acceptors (Lipinski definition) is 2. The van der Waals surface area contributed by atoms with Crippen LogP contribution in [-0.4, -0.2) is 0 Å². The maximum Gasteiger partial charge on any atom is 0.135 e. The fourth-order valence-corrected chi connectivity index (χ4v) is 5.75. The van der Waals surface area contributed by atoms with Crippen LogP contribution in [0.5, 0.6) is 11.5 Å². The average Bonchev–Trinajstić information content (AvgIpc) is 3.47. The van der Waals surface area contributed by atoms with Gasteiger partial charge in [-0.3, -0.25) is 0 Å². The van der Waals surface area contributed by atoms with E-state index in [1.54, 1.807) is 0 Å². The summed E-state index contributed by atoms with van der Waals surface area (Å²) in [4.78, 5) is 0. The molecule has 38 heavy (non-hydrogen) atoms. The Kier molecular flexibility index (Phi) is 4.55. The van der Waals surface area contributed by atoms with E-state index in [2.05, 4.69) is 115 Å². The van der Waals surface area contributed by atoms with Gasteiger partial charge in [0.2, 0.25) is 0 Å². The molecule has 0 aliphatic carbocycles. The largest absolute Gasteiger partial charge is 0.456 e. The predicted octanol–water partition coefficient (Wildman–Crippen LogP) is 10.4. The minimum Gasteiger partial charge on any atom is -0.456 e. The fourth-order valence-electron chi connectivity index (χ4n) is 5.75. The molecule has 1 aliphatic heterocycles. The quantitative estimate of drug-likeness (QED) is 0.248. The standard InChI is InChI=1S/C36H22O2/c1-2-12-26-23(8-1)9-5-15-27(26)28-13-3-4-14-29(28)33-21-20-32(37-33)25-18-19-34-31(22-25)30-16-6-10-24-11-7-17-35(38-34)36(24)30/h1-22H. The van der Waals surface area contributed by atoms with Crippen LogP contribution in [0.4, 0.5) is 0 Å². The molecule has 1 aliphatic rings. The lowest BCUT2D eigenvalue weighted by Crippen LogP contribution is -1.97. The normalized spacial score (nSPS) is 11.9. The van der Waals surface area contributed by atoms with Crippen molar-refractivity contribution in [3.05, 3.63) is 133 Å². The Bertz CT molecular complexity index is 2000. The summed E-state index contributed by atoms with van der Waals surface area (Å²) in [5.74, 6) is 3.46. The van der Waals surface area contributed by atoms with E-state index in [0.717, 1.165) is 50.7 Å². The minimum atomic E-state index is 0.835. The molecule has 6 aromatic carbocycles. The van der Waals surface area contributed by atoms with Gasteiger partial charge in [0.1, 0.15) is 23.0 Å². The Morgan fingerprint density at radius 1 is 0.395 bits per heavy atom. The molecule has 1 aromatic heterocycles. The summed E-state index contributed by atoms with van der Waals surface area (Å²) >= 11 is 0. The average molecular weight is 487 g/mol. The van der Waals surface area contributed by atoms with Gasteiger partial charge in [0.05, 0.1) is 0 Å². The molecular formula is C36H22O2. The van der Waals surface area contributed by atoms with E-state index in [0.29, 0.717) is 0 Å². The predicted molar refractivity (Wildman–Crippen MR) is 156 cm³/mol. The molecule has 0 radical (unpaired) electrons. The smallest absolute Gasteiger partial charge is 0.135 e. The molecule has 8 rings (SSSR count). The Hall–Kier alpha value is -5.08. The third-order valence-corrected chi connectivity index (χ3v) is 7.52. The van der Waals surface area contributed by atoms with Gasteiger partial charge in [-0.2, -0.15) is 0 Å². The lowest BCUT2D eigenvalue weighted by atomic mass is 9.93. The van der Waals surface area contributed by atoms with Crippen LogP contribution in [0, 0.1) is 0 Å². The third-order valence-electron chi connectivity index (χ3n) is 7.52. The van der Waals surface area contributed by atoms with Crippen molar-refractivity contribution in [2.24, 2.45) is 0 Å². The lowest BCUT2D eigenvalue weighted by molar-refractivity contribution is 0.487. The second-order valence-corrected chi connectivity index (χ2v) is 9.71. The zero-order chi connectivity index (χ0) is 25.1. The first-order valence-corrected chi connectivity index (χ1v) is 12.9. The van der Waals surface area contributed by atoms with Crippen LogP contribution >= 0.6 is 0 Å². The SMILES string of the molecule is c1ccc(-c2cccc3ccccc23)c(-c2ccc(-c3ccc4c(c3)-c3cccc5cccc(c35)O4)o2)c1. The first kappa shape index (κ1) is 21.0. The van der Waals surface area contributed by atoms with Crippen LogP contribution in [0.3, 0.4) is 0 Å². The summed E-state index contributed by atoms with van der Waals surface area (Å²) in [6.45, 7) is 0. The van der Waals surface area contributed by atoms with Crippen LogP contribution in [0.15, 0.2) is 138 Å². The van der Waals surface area contributed by atoms with Crippen LogP contribution in [0.2, 0.25) is 0 Å². The number of furan rings is 1. The second-order valence-electron chi connectivity index (χ2n) is 9.71. The maximum absolute atomic E-state index is 6.52. The highest BCUT2D eigenvalue weighted by molar-refractivity contribution is 6.04. The highest BCUT2D eigenvalue weighted by Gasteiger charge is 2.21. The van der Waals surface area contributed by atoms with Gasteiger partial charge >= 0.3 is 0 Å². The molecule has 0 bridgehead atoms. The van der Waals surface area contributed by atoms with E-state index in [4.69, 9.17) is 9.15 Å². The number of rotatable bonds is 3. The molecule has 2 nitrogen and oxygen atoms in total. The van der Waals surface area contributed by atoms with Crippen LogP contribution in [-0.2, 0) is 0 Å². The molecule has 0 N–H and O–H groups in total. The van der Waals surface area contributed by atoms with E-state index >= 15 is 0 Å². The van der Waals surface area contributed by atoms with Gasteiger partial charge in [0.25, 0.3) is 0 Å². The number of fused-ring (bicyclic) bond motifs is 3. The molecular weight excluding hydrogens is 464 g/mol. The number of hydrogen-bond donors (Lipinski definition) is 0. The summed E-state index contributed by atoms with van der Waals surface area (Å²) in [6.07, 6.45) is 0. The molecule has 0 fully saturated rings. The van der Waals surface area contributed by atoms with E-state index in [1.165, 1.54) is 27.3 Å². The highest BCUT2D eigenvalue weighted by atomic mass is 16.5. The summed E-state index contributed by atoms with van der Waals surface area (Å²) in [7, 11) is 0. The summed E-state index contributed by atoms with van der Waals surface area (Å²) in [5.41, 5.74) is 6.74. The van der Waals surface area contributed by atoms with Crippen molar-refractivity contribution >= 4 is 21.5 Å². The second kappa shape index (κ2) is 8.22. The van der Waals surface area contributed by atoms with Gasteiger partial charge in [-0.25, -0.2) is 0 Å². The van der Waals surface area contributed by atoms with E-state index < -0.39 is 0 Å². The van der Waals surface area contributed by atoms with Crippen molar-refractivity contribution in [3.63, 3.8) is 0 Å². The molecule has 7 aromatic rings. The zero-order valence-electron chi connectivity index (χ0n) is 20.5. The van der Waals surface area contributed by atoms with Gasteiger partial charge in [0.15, 0.2) is 0 Å². The van der Waals surface area contributed by atoms with Gasteiger partial charge in [0, 0.05) is 22.1 Å². The molecule has 178 valence electrons. The van der Waals surface area contributed by atoms with Crippen LogP contribution < -0.4 is 4.74 Å². The third kappa shape index (κ3) is 3.21. The van der Waals surface area contributed by atoms with Crippen molar-refractivity contribution < 1.29 is 9.15 Å². The van der Waals surface area contributed by atoms with Crippen molar-refractivity contribution in [2.45, 2.75) is 0 Å². The highest BCUT2D eigenvalue weighted by Crippen LogP contribution is 2.48. The molecule has 2 heterocycles. The van der Waals surface area contributed by atoms with Gasteiger partial charge in [-0.15, -0.1) is 0 Å². The first-order chi connectivity index (χ1) is 18.8. The molecule has 0 unspecified atom stereocenters. The zero-order valence-corrected chi connectivity index (χ0v) is 20.5. The van der Waals surface area contributed by atoms with E-state index in [-0.39, 0.29) is 0 Å². The lowest BCUT2D eigenvalue weighted by Gasteiger charge is -2.21. The van der Waals surface area contributed by atoms with E-state index in [1.807, 2.05) is 18.2 Å². The topological polar surface area (TPSA) is 22.4 Å². The van der Waals surface area contributed by atoms with Crippen molar-refractivity contribution in [2.75, 3.05) is 0 Å². The van der Waals surface area contributed by atoms with Gasteiger partial charge in [-0.1, -0.05) is 97.1 Å².